The summed E-state index contributed by atoms with van der Waals surface area (Å²) in [6.07, 6.45) is 0.406. The van der Waals surface area contributed by atoms with E-state index in [0.29, 0.717) is 56.4 Å². The van der Waals surface area contributed by atoms with Crippen molar-refractivity contribution >= 4 is 17.8 Å². The molecule has 0 bridgehead atoms. The molecule has 0 spiro atoms. The van der Waals surface area contributed by atoms with Crippen molar-refractivity contribution in [1.29, 1.82) is 0 Å². The predicted octanol–water partition coefficient (Wildman–Crippen LogP) is 0.741. The number of methoxy groups -OCH3 is 3. The highest BCUT2D eigenvalue weighted by atomic mass is 16.6. The van der Waals surface area contributed by atoms with Crippen LogP contribution in [0.2, 0.25) is 0 Å². The number of epoxide rings is 1. The molecule has 2 saturated heterocycles. The van der Waals surface area contributed by atoms with Crippen molar-refractivity contribution in [1.82, 2.24) is 15.1 Å². The van der Waals surface area contributed by atoms with E-state index in [1.807, 2.05) is 26.0 Å². The summed E-state index contributed by atoms with van der Waals surface area (Å²) in [6, 6.07) is 2.97. The summed E-state index contributed by atoms with van der Waals surface area (Å²) >= 11 is 0. The molecule has 1 aromatic carbocycles. The minimum atomic E-state index is -1.87. The molecule has 2 fully saturated rings. The lowest BCUT2D eigenvalue weighted by Crippen LogP contribution is -2.57. The van der Waals surface area contributed by atoms with E-state index in [1.54, 1.807) is 26.2 Å². The number of carboxylic acids is 1. The summed E-state index contributed by atoms with van der Waals surface area (Å²) in [5.41, 5.74) is -0.926. The Balaban J connectivity index is 1.63. The van der Waals surface area contributed by atoms with Gasteiger partial charge in [0.05, 0.1) is 27.9 Å². The number of benzene rings is 1. The molecule has 194 valence electrons. The highest BCUT2D eigenvalue weighted by Crippen LogP contribution is 2.40. The Hall–Kier alpha value is -3.05. The van der Waals surface area contributed by atoms with Crippen molar-refractivity contribution < 1.29 is 38.4 Å². The molecule has 2 heterocycles. The van der Waals surface area contributed by atoms with Crippen LogP contribution in [0.3, 0.4) is 0 Å². The number of hydrogen-bond acceptors (Lipinski definition) is 8. The Kier molecular flexibility index (Phi) is 8.44. The Morgan fingerprint density at radius 3 is 2.17 bits per heavy atom. The molecule has 1 aromatic rings. The Labute approximate surface area is 205 Å². The SMILES string of the molecule is COc1ccc(CN2CCN(C(=O)C(CC(C)C)NC(=O)[C@]3(C(=O)O)CO3)CC2)c(OC)c1OC. The molecule has 0 aromatic heterocycles. The van der Waals surface area contributed by atoms with Crippen LogP contribution in [0, 0.1) is 5.92 Å². The van der Waals surface area contributed by atoms with Crippen LogP contribution in [0.4, 0.5) is 0 Å². The van der Waals surface area contributed by atoms with Crippen molar-refractivity contribution in [3.8, 4) is 17.2 Å². The molecule has 0 saturated carbocycles. The lowest BCUT2D eigenvalue weighted by atomic mass is 10.0. The third-order valence-corrected chi connectivity index (χ3v) is 6.32. The second kappa shape index (κ2) is 11.1. The first-order valence-electron chi connectivity index (χ1n) is 11.6. The van der Waals surface area contributed by atoms with Gasteiger partial charge >= 0.3 is 5.97 Å². The molecule has 2 aliphatic rings. The maximum Gasteiger partial charge on any atom is 0.348 e. The smallest absolute Gasteiger partial charge is 0.348 e. The van der Waals surface area contributed by atoms with Gasteiger partial charge in [-0.1, -0.05) is 19.9 Å². The zero-order valence-electron chi connectivity index (χ0n) is 21.0. The van der Waals surface area contributed by atoms with Crippen molar-refractivity contribution in [2.24, 2.45) is 5.92 Å². The minimum Gasteiger partial charge on any atom is -0.493 e. The van der Waals surface area contributed by atoms with Gasteiger partial charge in [-0.15, -0.1) is 0 Å². The van der Waals surface area contributed by atoms with Gasteiger partial charge in [-0.3, -0.25) is 14.5 Å². The van der Waals surface area contributed by atoms with E-state index < -0.39 is 23.5 Å². The molecule has 2 N–H and O–H groups in total. The Morgan fingerprint density at radius 1 is 1.06 bits per heavy atom. The quantitative estimate of drug-likeness (QED) is 0.339. The Morgan fingerprint density at radius 2 is 1.69 bits per heavy atom. The van der Waals surface area contributed by atoms with Crippen LogP contribution in [0.25, 0.3) is 0 Å². The number of nitrogens with one attached hydrogen (secondary N) is 1. The van der Waals surface area contributed by atoms with Crippen LogP contribution in [-0.4, -0.2) is 98.4 Å². The summed E-state index contributed by atoms with van der Waals surface area (Å²) in [7, 11) is 4.72. The van der Waals surface area contributed by atoms with Gasteiger partial charge in [-0.05, 0) is 18.4 Å². The monoisotopic (exact) mass is 493 g/mol. The van der Waals surface area contributed by atoms with Gasteiger partial charge in [0.2, 0.25) is 11.7 Å². The summed E-state index contributed by atoms with van der Waals surface area (Å²) in [5, 5.41) is 11.9. The number of ether oxygens (including phenoxy) is 4. The number of aliphatic carboxylic acids is 1. The third kappa shape index (κ3) is 5.79. The maximum atomic E-state index is 13.3. The molecule has 11 nitrogen and oxygen atoms in total. The topological polar surface area (TPSA) is 130 Å². The third-order valence-electron chi connectivity index (χ3n) is 6.32. The fourth-order valence-electron chi connectivity index (χ4n) is 4.27. The zero-order valence-corrected chi connectivity index (χ0v) is 21.0. The summed E-state index contributed by atoms with van der Waals surface area (Å²) in [6.45, 7) is 6.55. The Bertz CT molecular complexity index is 939. The van der Waals surface area contributed by atoms with Gasteiger partial charge < -0.3 is 34.3 Å². The molecule has 1 unspecified atom stereocenters. The number of carboxylic acid groups (broad SMARTS) is 1. The van der Waals surface area contributed by atoms with E-state index in [9.17, 15) is 19.5 Å². The molecule has 0 aliphatic carbocycles. The van der Waals surface area contributed by atoms with Gasteiger partial charge in [0, 0.05) is 38.3 Å². The van der Waals surface area contributed by atoms with Crippen LogP contribution in [0.1, 0.15) is 25.8 Å². The van der Waals surface area contributed by atoms with E-state index in [-0.39, 0.29) is 18.4 Å². The molecular formula is C24H35N3O8. The largest absolute Gasteiger partial charge is 0.493 e. The number of piperazine rings is 1. The molecule has 2 aliphatic heterocycles. The normalized spacial score (nSPS) is 20.8. The predicted molar refractivity (Wildman–Crippen MR) is 126 cm³/mol. The van der Waals surface area contributed by atoms with Gasteiger partial charge in [0.15, 0.2) is 11.5 Å². The molecule has 11 heteroatoms. The average molecular weight is 494 g/mol. The van der Waals surface area contributed by atoms with Crippen LogP contribution in [-0.2, 0) is 25.7 Å². The van der Waals surface area contributed by atoms with Gasteiger partial charge in [0.1, 0.15) is 6.04 Å². The fourth-order valence-corrected chi connectivity index (χ4v) is 4.27. The molecular weight excluding hydrogens is 458 g/mol. The highest BCUT2D eigenvalue weighted by molar-refractivity contribution is 6.09. The van der Waals surface area contributed by atoms with Crippen molar-refractivity contribution in [3.05, 3.63) is 17.7 Å². The number of carbonyl (C=O) groups is 3. The van der Waals surface area contributed by atoms with Crippen molar-refractivity contribution in [3.63, 3.8) is 0 Å². The zero-order chi connectivity index (χ0) is 25.8. The number of carbonyl (C=O) groups excluding carboxylic acids is 2. The second-order valence-corrected chi connectivity index (χ2v) is 9.17. The standard InChI is InChI=1S/C24H35N3O8/c1-15(2)12-17(25-22(29)24(14-35-24)23(30)31)21(28)27-10-8-26(9-11-27)13-16-6-7-18(32-3)20(34-5)19(16)33-4/h6-7,15,17H,8-14H2,1-5H3,(H,25,29)(H,30,31)/t17?,24-/m0/s1. The molecule has 3 rings (SSSR count). The van der Waals surface area contributed by atoms with E-state index in [4.69, 9.17) is 18.9 Å². The van der Waals surface area contributed by atoms with Crippen molar-refractivity contribution in [2.45, 2.75) is 38.5 Å². The van der Waals surface area contributed by atoms with E-state index in [1.165, 1.54) is 0 Å². The number of amides is 2. The van der Waals surface area contributed by atoms with Crippen LogP contribution in [0.5, 0.6) is 17.2 Å². The lowest BCUT2D eigenvalue weighted by molar-refractivity contribution is -0.150. The minimum absolute atomic E-state index is 0.129. The van der Waals surface area contributed by atoms with E-state index in [0.717, 1.165) is 5.56 Å². The van der Waals surface area contributed by atoms with Gasteiger partial charge in [-0.2, -0.15) is 0 Å². The highest BCUT2D eigenvalue weighted by Gasteiger charge is 2.60. The summed E-state index contributed by atoms with van der Waals surface area (Å²) < 4.78 is 21.3. The molecule has 2 atom stereocenters. The lowest BCUT2D eigenvalue weighted by Gasteiger charge is -2.37. The summed E-state index contributed by atoms with van der Waals surface area (Å²) in [4.78, 5) is 41.1. The number of hydrogen-bond donors (Lipinski definition) is 2. The first kappa shape index (κ1) is 26.6. The summed E-state index contributed by atoms with van der Waals surface area (Å²) in [5.74, 6) is -0.469. The average Bonchev–Trinajstić information content (AvgIpc) is 3.65. The molecule has 0 radical (unpaired) electrons. The molecule has 35 heavy (non-hydrogen) atoms. The molecule has 2 amide bonds. The van der Waals surface area contributed by atoms with Crippen LogP contribution in [0.15, 0.2) is 12.1 Å². The van der Waals surface area contributed by atoms with E-state index in [2.05, 4.69) is 10.2 Å². The van der Waals surface area contributed by atoms with E-state index >= 15 is 0 Å². The second-order valence-electron chi connectivity index (χ2n) is 9.17. The van der Waals surface area contributed by atoms with Gasteiger partial charge in [-0.25, -0.2) is 4.79 Å². The first-order chi connectivity index (χ1) is 16.7. The first-order valence-corrected chi connectivity index (χ1v) is 11.6. The van der Waals surface area contributed by atoms with Gasteiger partial charge in [0.25, 0.3) is 11.5 Å². The van der Waals surface area contributed by atoms with Crippen molar-refractivity contribution in [2.75, 3.05) is 54.1 Å². The van der Waals surface area contributed by atoms with Crippen LogP contribution < -0.4 is 19.5 Å². The number of rotatable bonds is 11. The number of nitrogens with zero attached hydrogens (tertiary/aromatic N) is 2. The maximum absolute atomic E-state index is 13.3. The van der Waals surface area contributed by atoms with Crippen LogP contribution >= 0.6 is 0 Å². The fraction of sp³-hybridized carbons (Fsp3) is 0.625.